The van der Waals surface area contributed by atoms with E-state index >= 15 is 0 Å². The van der Waals surface area contributed by atoms with Crippen LogP contribution in [0.15, 0.2) is 54.6 Å². The van der Waals surface area contributed by atoms with Crippen molar-refractivity contribution in [3.05, 3.63) is 77.4 Å². The van der Waals surface area contributed by atoms with Crippen LogP contribution in [0.3, 0.4) is 0 Å². The van der Waals surface area contributed by atoms with Crippen LogP contribution in [0, 0.1) is 13.8 Å². The fourth-order valence-corrected chi connectivity index (χ4v) is 5.86. The van der Waals surface area contributed by atoms with Gasteiger partial charge in [0.1, 0.15) is 17.1 Å². The van der Waals surface area contributed by atoms with Crippen LogP contribution in [0.25, 0.3) is 11.4 Å². The molecule has 2 aliphatic carbocycles. The van der Waals surface area contributed by atoms with E-state index in [0.29, 0.717) is 11.8 Å². The lowest BCUT2D eigenvalue weighted by molar-refractivity contribution is -0.612. The van der Waals surface area contributed by atoms with E-state index in [4.69, 9.17) is 0 Å². The van der Waals surface area contributed by atoms with Crippen molar-refractivity contribution in [3.63, 3.8) is 0 Å². The van der Waals surface area contributed by atoms with E-state index in [-0.39, 0.29) is 0 Å². The quantitative estimate of drug-likeness (QED) is 0.443. The fourth-order valence-electron chi connectivity index (χ4n) is 5.86. The van der Waals surface area contributed by atoms with E-state index in [1.54, 1.807) is 5.69 Å². The highest BCUT2D eigenvalue weighted by Gasteiger charge is 2.40. The monoisotopic (exact) mass is 385 g/mol. The second-order valence-corrected chi connectivity index (χ2v) is 9.08. The number of nitrogens with zero attached hydrogens (tertiary/aromatic N) is 2. The lowest BCUT2D eigenvalue weighted by atomic mass is 10.0. The van der Waals surface area contributed by atoms with Crippen molar-refractivity contribution >= 4 is 0 Å². The van der Waals surface area contributed by atoms with Gasteiger partial charge < -0.3 is 0 Å². The molecule has 0 bridgehead atoms. The molecule has 1 aromatic heterocycles. The van der Waals surface area contributed by atoms with Crippen molar-refractivity contribution in [1.29, 1.82) is 0 Å². The highest BCUT2D eigenvalue weighted by atomic mass is 15.2. The molecule has 2 aromatic carbocycles. The van der Waals surface area contributed by atoms with E-state index in [0.717, 1.165) is 0 Å². The van der Waals surface area contributed by atoms with E-state index < -0.39 is 0 Å². The summed E-state index contributed by atoms with van der Waals surface area (Å²) in [5.74, 6) is 2.84. The number of benzene rings is 2. The Morgan fingerprint density at radius 2 is 1.31 bits per heavy atom. The van der Waals surface area contributed by atoms with Gasteiger partial charge in [0.25, 0.3) is 5.82 Å². The number of hydrogen-bond donors (Lipinski definition) is 0. The molecule has 0 unspecified atom stereocenters. The molecule has 5 rings (SSSR count). The zero-order chi connectivity index (χ0) is 19.8. The summed E-state index contributed by atoms with van der Waals surface area (Å²) in [6.45, 7) is 4.63. The lowest BCUT2D eigenvalue weighted by Gasteiger charge is -2.13. The van der Waals surface area contributed by atoms with E-state index in [9.17, 15) is 0 Å². The average Bonchev–Trinajstić information content (AvgIpc) is 3.49. The zero-order valence-corrected chi connectivity index (χ0v) is 17.9. The smallest absolute Gasteiger partial charge is 0.196 e. The van der Waals surface area contributed by atoms with Gasteiger partial charge in [0.2, 0.25) is 0 Å². The maximum Gasteiger partial charge on any atom is 0.270 e. The average molecular weight is 386 g/mol. The van der Waals surface area contributed by atoms with Crippen LogP contribution < -0.4 is 4.57 Å². The third-order valence-electron chi connectivity index (χ3n) is 7.24. The van der Waals surface area contributed by atoms with Gasteiger partial charge in [0.15, 0.2) is 5.69 Å². The molecule has 150 valence electrons. The molecule has 0 amide bonds. The normalized spacial score (nSPS) is 18.0. The van der Waals surface area contributed by atoms with Gasteiger partial charge in [0, 0.05) is 12.8 Å². The molecule has 0 saturated heterocycles. The molecule has 0 radical (unpaired) electrons. The van der Waals surface area contributed by atoms with Gasteiger partial charge in [-0.2, -0.15) is 9.13 Å². The number of rotatable bonds is 4. The second-order valence-electron chi connectivity index (χ2n) is 9.08. The van der Waals surface area contributed by atoms with Crippen molar-refractivity contribution in [3.8, 4) is 11.4 Å². The Kier molecular flexibility index (Phi) is 5.03. The Morgan fingerprint density at radius 3 is 1.97 bits per heavy atom. The molecule has 2 saturated carbocycles. The van der Waals surface area contributed by atoms with Crippen molar-refractivity contribution in [2.75, 3.05) is 0 Å². The molecular formula is C27H33N2+. The Morgan fingerprint density at radius 1 is 0.724 bits per heavy atom. The van der Waals surface area contributed by atoms with Crippen LogP contribution in [0.4, 0.5) is 0 Å². The fraction of sp³-hybridized carbons (Fsp3) is 0.444. The maximum atomic E-state index is 2.67. The highest BCUT2D eigenvalue weighted by Crippen LogP contribution is 2.41. The molecule has 0 aliphatic heterocycles. The van der Waals surface area contributed by atoms with Gasteiger partial charge in [-0.05, 0) is 56.4 Å². The second kappa shape index (κ2) is 7.82. The summed E-state index contributed by atoms with van der Waals surface area (Å²) in [5.41, 5.74) is 7.09. The predicted octanol–water partition coefficient (Wildman–Crippen LogP) is 6.69. The Balaban J connectivity index is 1.84. The molecule has 1 heterocycles. The summed E-state index contributed by atoms with van der Waals surface area (Å²) in [6, 6.07) is 20.1. The summed E-state index contributed by atoms with van der Waals surface area (Å²) in [4.78, 5) is 0. The van der Waals surface area contributed by atoms with Gasteiger partial charge >= 0.3 is 0 Å². The lowest BCUT2D eigenvalue weighted by Crippen LogP contribution is -2.39. The predicted molar refractivity (Wildman–Crippen MR) is 119 cm³/mol. The van der Waals surface area contributed by atoms with Crippen LogP contribution in [-0.2, 0) is 0 Å². The number of para-hydroxylation sites is 2. The van der Waals surface area contributed by atoms with E-state index in [1.165, 1.54) is 79.8 Å². The minimum atomic E-state index is 0.642. The van der Waals surface area contributed by atoms with E-state index in [1.807, 2.05) is 0 Å². The first-order valence-corrected chi connectivity index (χ1v) is 11.5. The molecule has 2 nitrogen and oxygen atoms in total. The van der Waals surface area contributed by atoms with E-state index in [2.05, 4.69) is 77.6 Å². The van der Waals surface area contributed by atoms with Crippen LogP contribution in [0.5, 0.6) is 0 Å². The van der Waals surface area contributed by atoms with Crippen LogP contribution >= 0.6 is 0 Å². The molecule has 2 heteroatoms. The maximum absolute atomic E-state index is 2.67. The van der Waals surface area contributed by atoms with Crippen molar-refractivity contribution in [2.24, 2.45) is 0 Å². The van der Waals surface area contributed by atoms with Crippen molar-refractivity contribution in [1.82, 2.24) is 4.57 Å². The summed E-state index contributed by atoms with van der Waals surface area (Å²) in [7, 11) is 0. The first-order valence-electron chi connectivity index (χ1n) is 11.5. The minimum absolute atomic E-state index is 0.642. The highest BCUT2D eigenvalue weighted by molar-refractivity contribution is 5.40. The Bertz CT molecular complexity index is 987. The minimum Gasteiger partial charge on any atom is -0.196 e. The molecule has 0 N–H and O–H groups in total. The van der Waals surface area contributed by atoms with Crippen LogP contribution in [-0.4, -0.2) is 4.57 Å². The molecule has 29 heavy (non-hydrogen) atoms. The van der Waals surface area contributed by atoms with Gasteiger partial charge in [-0.15, -0.1) is 0 Å². The van der Waals surface area contributed by atoms with Gasteiger partial charge in [-0.3, -0.25) is 0 Å². The Labute approximate surface area is 175 Å². The number of aromatic nitrogens is 2. The largest absolute Gasteiger partial charge is 0.270 e. The Hall–Kier alpha value is -2.35. The van der Waals surface area contributed by atoms with Gasteiger partial charge in [-0.25, -0.2) is 0 Å². The van der Waals surface area contributed by atoms with Crippen molar-refractivity contribution in [2.45, 2.75) is 77.0 Å². The van der Waals surface area contributed by atoms with Crippen LogP contribution in [0.2, 0.25) is 0 Å². The molecule has 0 atom stereocenters. The summed E-state index contributed by atoms with van der Waals surface area (Å²) in [6.07, 6.45) is 10.7. The first kappa shape index (κ1) is 18.7. The third kappa shape index (κ3) is 3.23. The molecular weight excluding hydrogens is 352 g/mol. The number of hydrogen-bond acceptors (Lipinski definition) is 0. The third-order valence-corrected chi connectivity index (χ3v) is 7.24. The first-order chi connectivity index (χ1) is 14.3. The molecule has 2 fully saturated rings. The summed E-state index contributed by atoms with van der Waals surface area (Å²) < 4.78 is 5.31. The SMILES string of the molecule is Cc1ccccc1-[n+]1c(C)c(C2CCCC2)n(-c2ccccc2)c1C1CCCC1. The van der Waals surface area contributed by atoms with Crippen molar-refractivity contribution < 1.29 is 4.57 Å². The zero-order valence-electron chi connectivity index (χ0n) is 17.9. The standard InChI is InChI=1S/C27H33N2/c1-20-12-6-11-19-25(20)28-21(2)26(22-13-7-8-14-22)29(24-17-4-3-5-18-24)27(28)23-15-9-10-16-23/h3-6,11-12,17-19,22-23H,7-10,13-16H2,1-2H3/q+1. The molecule has 2 aliphatic rings. The van der Waals surface area contributed by atoms with Crippen LogP contribution in [0.1, 0.15) is 86.0 Å². The number of aryl methyl sites for hydroxylation is 1. The molecule has 3 aromatic rings. The molecule has 0 spiro atoms. The topological polar surface area (TPSA) is 8.81 Å². The number of imidazole rings is 1. The van der Waals surface area contributed by atoms with Gasteiger partial charge in [-0.1, -0.05) is 62.1 Å². The summed E-state index contributed by atoms with van der Waals surface area (Å²) >= 11 is 0. The van der Waals surface area contributed by atoms with Gasteiger partial charge in [0.05, 0.1) is 5.92 Å². The summed E-state index contributed by atoms with van der Waals surface area (Å²) in [5, 5.41) is 0.